The number of benzene rings is 2. The number of H-pyrrole nitrogens is 1. The Bertz CT molecular complexity index is 1310. The summed E-state index contributed by atoms with van der Waals surface area (Å²) >= 11 is 0. The second kappa shape index (κ2) is 11.7. The van der Waals surface area contributed by atoms with Crippen molar-refractivity contribution < 1.29 is 4.79 Å². The van der Waals surface area contributed by atoms with Crippen LogP contribution in [-0.2, 0) is 4.79 Å². The van der Waals surface area contributed by atoms with Crippen LogP contribution in [0.3, 0.4) is 0 Å². The molecule has 0 radical (unpaired) electrons. The average Bonchev–Trinajstić information content (AvgIpc) is 3.40. The number of para-hydroxylation sites is 1. The summed E-state index contributed by atoms with van der Waals surface area (Å²) < 4.78 is 0. The zero-order valence-corrected chi connectivity index (χ0v) is 22.0. The van der Waals surface area contributed by atoms with Gasteiger partial charge in [-0.2, -0.15) is 0 Å². The first-order chi connectivity index (χ1) is 18.2. The summed E-state index contributed by atoms with van der Waals surface area (Å²) in [6.45, 7) is 4.85. The van der Waals surface area contributed by atoms with Gasteiger partial charge in [0.15, 0.2) is 0 Å². The van der Waals surface area contributed by atoms with Crippen LogP contribution < -0.4 is 5.43 Å². The number of fused-ring (bicyclic) bond motifs is 1. The lowest BCUT2D eigenvalue weighted by molar-refractivity contribution is -0.139. The van der Waals surface area contributed by atoms with E-state index in [-0.39, 0.29) is 17.9 Å². The van der Waals surface area contributed by atoms with E-state index in [0.29, 0.717) is 18.9 Å². The molecule has 2 heterocycles. The molecule has 2 N–H and O–H groups in total. The van der Waals surface area contributed by atoms with E-state index in [0.717, 1.165) is 24.1 Å². The largest absolute Gasteiger partial charge is 0.361 e. The van der Waals surface area contributed by atoms with Gasteiger partial charge in [-0.25, -0.2) is 5.43 Å². The summed E-state index contributed by atoms with van der Waals surface area (Å²) in [6.07, 6.45) is 10.4. The average molecular weight is 495 g/mol. The monoisotopic (exact) mass is 494 g/mol. The SMILES string of the molecule is CCC(=O)N(NCC(C)c1cccc(-c2c[nH]c3ccccc23)c1)[C@H](c1ccccn1)C1CCCCC1. The molecule has 1 saturated carbocycles. The fourth-order valence-electron chi connectivity index (χ4n) is 5.77. The highest BCUT2D eigenvalue weighted by molar-refractivity contribution is 5.95. The van der Waals surface area contributed by atoms with E-state index in [1.807, 2.05) is 30.3 Å². The minimum absolute atomic E-state index is 0.0429. The molecule has 1 aliphatic rings. The van der Waals surface area contributed by atoms with Crippen molar-refractivity contribution in [2.45, 2.75) is 64.3 Å². The van der Waals surface area contributed by atoms with E-state index in [1.54, 1.807) is 0 Å². The second-order valence-corrected chi connectivity index (χ2v) is 10.4. The fourth-order valence-corrected chi connectivity index (χ4v) is 5.77. The molecule has 1 amide bonds. The number of aromatic nitrogens is 2. The highest BCUT2D eigenvalue weighted by Crippen LogP contribution is 2.37. The number of hydrogen-bond donors (Lipinski definition) is 2. The number of rotatable bonds is 9. The third-order valence-corrected chi connectivity index (χ3v) is 7.86. The van der Waals surface area contributed by atoms with Crippen molar-refractivity contribution in [3.8, 4) is 11.1 Å². The summed E-state index contributed by atoms with van der Waals surface area (Å²) in [5, 5.41) is 3.15. The maximum Gasteiger partial charge on any atom is 0.237 e. The van der Waals surface area contributed by atoms with E-state index >= 15 is 0 Å². The standard InChI is InChI=1S/C32H38N4O/c1-3-31(37)36(32(24-12-5-4-6-13-24)30-18-9-10-19-33-30)35-21-23(2)25-14-11-15-26(20-25)28-22-34-29-17-8-7-16-27(28)29/h7-11,14-20,22-24,32,34-35H,3-6,12-13,21H2,1-2H3/t23?,32-/m0/s1. The van der Waals surface area contributed by atoms with E-state index in [2.05, 4.69) is 78.1 Å². The zero-order chi connectivity index (χ0) is 25.6. The third kappa shape index (κ3) is 5.62. The Kier molecular flexibility index (Phi) is 8.00. The number of nitrogens with one attached hydrogen (secondary N) is 2. The van der Waals surface area contributed by atoms with Gasteiger partial charge >= 0.3 is 0 Å². The predicted molar refractivity (Wildman–Crippen MR) is 151 cm³/mol. The molecule has 4 aromatic rings. The van der Waals surface area contributed by atoms with E-state index in [1.165, 1.54) is 41.3 Å². The molecule has 5 heteroatoms. The number of hydrazine groups is 1. The first-order valence-electron chi connectivity index (χ1n) is 13.8. The molecule has 2 atom stereocenters. The Morgan fingerprint density at radius 3 is 2.65 bits per heavy atom. The maximum absolute atomic E-state index is 13.3. The molecular weight excluding hydrogens is 456 g/mol. The van der Waals surface area contributed by atoms with Crippen LogP contribution in [-0.4, -0.2) is 27.4 Å². The van der Waals surface area contributed by atoms with Crippen LogP contribution in [0.25, 0.3) is 22.0 Å². The molecular formula is C32H38N4O. The van der Waals surface area contributed by atoms with Crippen molar-refractivity contribution >= 4 is 16.8 Å². The van der Waals surface area contributed by atoms with E-state index < -0.39 is 0 Å². The molecule has 0 aliphatic heterocycles. The second-order valence-electron chi connectivity index (χ2n) is 10.4. The van der Waals surface area contributed by atoms with Crippen LogP contribution in [0, 0.1) is 5.92 Å². The van der Waals surface area contributed by atoms with Crippen LogP contribution in [0.15, 0.2) is 79.1 Å². The fraction of sp³-hybridized carbons (Fsp3) is 0.375. The van der Waals surface area contributed by atoms with Crippen LogP contribution >= 0.6 is 0 Å². The molecule has 37 heavy (non-hydrogen) atoms. The molecule has 5 rings (SSSR count). The first kappa shape index (κ1) is 25.2. The molecule has 1 unspecified atom stereocenters. The Hall–Kier alpha value is -3.44. The van der Waals surface area contributed by atoms with Gasteiger partial charge in [0.1, 0.15) is 0 Å². The van der Waals surface area contributed by atoms with Crippen LogP contribution in [0.4, 0.5) is 0 Å². The third-order valence-electron chi connectivity index (χ3n) is 7.86. The highest BCUT2D eigenvalue weighted by Gasteiger charge is 2.33. The molecule has 0 spiro atoms. The van der Waals surface area contributed by atoms with Crippen molar-refractivity contribution in [1.29, 1.82) is 0 Å². The minimum atomic E-state index is -0.0429. The van der Waals surface area contributed by atoms with Crippen molar-refractivity contribution in [1.82, 2.24) is 20.4 Å². The molecule has 0 saturated heterocycles. The quantitative estimate of drug-likeness (QED) is 0.238. The molecule has 5 nitrogen and oxygen atoms in total. The lowest BCUT2D eigenvalue weighted by Gasteiger charge is -2.39. The normalized spacial score (nSPS) is 15.9. The summed E-state index contributed by atoms with van der Waals surface area (Å²) in [7, 11) is 0. The minimum Gasteiger partial charge on any atom is -0.361 e. The number of pyridine rings is 1. The van der Waals surface area contributed by atoms with Gasteiger partial charge in [-0.05, 0) is 54.0 Å². The number of carbonyl (C=O) groups excluding carboxylic acids is 1. The van der Waals surface area contributed by atoms with Gasteiger partial charge in [0, 0.05) is 41.8 Å². The predicted octanol–water partition coefficient (Wildman–Crippen LogP) is 7.40. The molecule has 0 bridgehead atoms. The van der Waals surface area contributed by atoms with Crippen molar-refractivity contribution in [2.24, 2.45) is 5.92 Å². The van der Waals surface area contributed by atoms with Crippen LogP contribution in [0.5, 0.6) is 0 Å². The Balaban J connectivity index is 1.37. The Morgan fingerprint density at radius 1 is 1.05 bits per heavy atom. The van der Waals surface area contributed by atoms with Gasteiger partial charge in [-0.3, -0.25) is 14.8 Å². The lowest BCUT2D eigenvalue weighted by Crippen LogP contribution is -2.49. The van der Waals surface area contributed by atoms with Gasteiger partial charge < -0.3 is 4.98 Å². The van der Waals surface area contributed by atoms with Crippen molar-refractivity contribution in [3.63, 3.8) is 0 Å². The first-order valence-corrected chi connectivity index (χ1v) is 13.8. The number of carbonyl (C=O) groups is 1. The highest BCUT2D eigenvalue weighted by atomic mass is 16.2. The van der Waals surface area contributed by atoms with E-state index in [4.69, 9.17) is 4.98 Å². The van der Waals surface area contributed by atoms with Crippen LogP contribution in [0.1, 0.15) is 75.6 Å². The van der Waals surface area contributed by atoms with Crippen molar-refractivity contribution in [3.05, 3.63) is 90.4 Å². The number of hydrogen-bond acceptors (Lipinski definition) is 3. The summed E-state index contributed by atoms with van der Waals surface area (Å²) in [4.78, 5) is 21.4. The smallest absolute Gasteiger partial charge is 0.237 e. The Labute approximate surface area is 220 Å². The molecule has 2 aromatic heterocycles. The Morgan fingerprint density at radius 2 is 1.86 bits per heavy atom. The summed E-state index contributed by atoms with van der Waals surface area (Å²) in [6, 6.07) is 23.2. The van der Waals surface area contributed by atoms with Crippen molar-refractivity contribution in [2.75, 3.05) is 6.54 Å². The van der Waals surface area contributed by atoms with Gasteiger partial charge in [-0.15, -0.1) is 0 Å². The molecule has 192 valence electrons. The number of nitrogens with zero attached hydrogens (tertiary/aromatic N) is 2. The van der Waals surface area contributed by atoms with Gasteiger partial charge in [0.05, 0.1) is 11.7 Å². The van der Waals surface area contributed by atoms with Crippen LogP contribution in [0.2, 0.25) is 0 Å². The van der Waals surface area contributed by atoms with Gasteiger partial charge in [0.2, 0.25) is 5.91 Å². The number of amides is 1. The summed E-state index contributed by atoms with van der Waals surface area (Å²) in [5.41, 5.74) is 9.39. The summed E-state index contributed by atoms with van der Waals surface area (Å²) in [5.74, 6) is 0.779. The van der Waals surface area contributed by atoms with Gasteiger partial charge in [0.25, 0.3) is 0 Å². The van der Waals surface area contributed by atoms with E-state index in [9.17, 15) is 4.79 Å². The molecule has 1 aliphatic carbocycles. The molecule has 1 fully saturated rings. The maximum atomic E-state index is 13.3. The topological polar surface area (TPSA) is 61.0 Å². The van der Waals surface area contributed by atoms with Gasteiger partial charge in [-0.1, -0.05) is 81.6 Å². The molecule has 2 aromatic carbocycles. The zero-order valence-electron chi connectivity index (χ0n) is 22.0. The lowest BCUT2D eigenvalue weighted by atomic mass is 9.82. The number of aromatic amines is 1.